The molecule has 0 atom stereocenters. The number of hydrogen-bond donors (Lipinski definition) is 0. The zero-order chi connectivity index (χ0) is 10.5. The fourth-order valence-corrected chi connectivity index (χ4v) is 1.74. The minimum absolute atomic E-state index is 0.619. The summed E-state index contributed by atoms with van der Waals surface area (Å²) in [6, 6.07) is 4.06. The average molecular weight is 222 g/mol. The summed E-state index contributed by atoms with van der Waals surface area (Å²) >= 11 is 1.80. The van der Waals surface area contributed by atoms with Gasteiger partial charge in [-0.2, -0.15) is 11.8 Å². The summed E-state index contributed by atoms with van der Waals surface area (Å²) in [5, 5.41) is 1.16. The van der Waals surface area contributed by atoms with Gasteiger partial charge in [0, 0.05) is 29.7 Å². The Kier molecular flexibility index (Phi) is 3.64. The van der Waals surface area contributed by atoms with E-state index in [1.54, 1.807) is 18.0 Å². The van der Waals surface area contributed by atoms with Gasteiger partial charge in [-0.25, -0.2) is 0 Å². The number of pyridine rings is 1. The van der Waals surface area contributed by atoms with Gasteiger partial charge in [0.05, 0.1) is 12.1 Å². The highest BCUT2D eigenvalue weighted by Gasteiger charge is 1.99. The molecule has 0 aliphatic carbocycles. The molecule has 0 aliphatic heterocycles. The van der Waals surface area contributed by atoms with Crippen LogP contribution in [0.1, 0.15) is 0 Å². The third-order valence-electron chi connectivity index (χ3n) is 2.23. The first-order valence-corrected chi connectivity index (χ1v) is 6.27. The molecule has 2 aromatic rings. The molecular weight excluding hydrogens is 208 g/mol. The van der Waals surface area contributed by atoms with Gasteiger partial charge in [0.1, 0.15) is 6.73 Å². The molecule has 0 fully saturated rings. The Morgan fingerprint density at radius 2 is 2.40 bits per heavy atom. The molecule has 0 unspecified atom stereocenters. The zero-order valence-electron chi connectivity index (χ0n) is 8.72. The van der Waals surface area contributed by atoms with E-state index < -0.39 is 0 Å². The van der Waals surface area contributed by atoms with E-state index in [0.717, 1.165) is 17.7 Å². The van der Waals surface area contributed by atoms with E-state index in [1.165, 1.54) is 5.52 Å². The zero-order valence-corrected chi connectivity index (χ0v) is 9.54. The molecule has 0 bridgehead atoms. The molecule has 4 heteroatoms. The van der Waals surface area contributed by atoms with E-state index in [1.807, 2.05) is 18.5 Å². The van der Waals surface area contributed by atoms with Crippen molar-refractivity contribution >= 4 is 22.7 Å². The quantitative estimate of drug-likeness (QED) is 0.727. The molecule has 15 heavy (non-hydrogen) atoms. The monoisotopic (exact) mass is 222 g/mol. The summed E-state index contributed by atoms with van der Waals surface area (Å²) in [7, 11) is 0. The Hall–Kier alpha value is -1.00. The first kappa shape index (κ1) is 10.5. The summed E-state index contributed by atoms with van der Waals surface area (Å²) in [6.07, 6.45) is 7.79. The topological polar surface area (TPSA) is 27.1 Å². The number of aromatic nitrogens is 2. The molecule has 80 valence electrons. The molecule has 2 aromatic heterocycles. The Bertz CT molecular complexity index is 427. The van der Waals surface area contributed by atoms with Crippen molar-refractivity contribution in [3.63, 3.8) is 0 Å². The number of thioether (sulfide) groups is 1. The molecule has 0 N–H and O–H groups in total. The van der Waals surface area contributed by atoms with Crippen molar-refractivity contribution in [2.24, 2.45) is 0 Å². The lowest BCUT2D eigenvalue weighted by Crippen LogP contribution is -2.03. The predicted molar refractivity (Wildman–Crippen MR) is 64.1 cm³/mol. The van der Waals surface area contributed by atoms with Crippen LogP contribution in [0.2, 0.25) is 0 Å². The van der Waals surface area contributed by atoms with E-state index in [-0.39, 0.29) is 0 Å². The van der Waals surface area contributed by atoms with Gasteiger partial charge in [0.2, 0.25) is 0 Å². The van der Waals surface area contributed by atoms with Gasteiger partial charge in [0.15, 0.2) is 0 Å². The van der Waals surface area contributed by atoms with Gasteiger partial charge in [0.25, 0.3) is 0 Å². The Balaban J connectivity index is 2.02. The number of nitrogens with zero attached hydrogens (tertiary/aromatic N) is 2. The summed E-state index contributed by atoms with van der Waals surface area (Å²) in [4.78, 5) is 4.08. The van der Waals surface area contributed by atoms with Crippen LogP contribution in [0.3, 0.4) is 0 Å². The van der Waals surface area contributed by atoms with Crippen molar-refractivity contribution in [3.05, 3.63) is 30.7 Å². The molecule has 3 nitrogen and oxygen atoms in total. The van der Waals surface area contributed by atoms with Crippen molar-refractivity contribution in [3.8, 4) is 0 Å². The largest absolute Gasteiger partial charge is 0.360 e. The maximum Gasteiger partial charge on any atom is 0.122 e. The molecule has 0 aromatic carbocycles. The minimum Gasteiger partial charge on any atom is -0.360 e. The maximum absolute atomic E-state index is 5.55. The van der Waals surface area contributed by atoms with Crippen molar-refractivity contribution in [2.45, 2.75) is 6.73 Å². The minimum atomic E-state index is 0.619. The second-order valence-electron chi connectivity index (χ2n) is 3.25. The number of hydrogen-bond acceptors (Lipinski definition) is 3. The Morgan fingerprint density at radius 3 is 3.27 bits per heavy atom. The van der Waals surface area contributed by atoms with Gasteiger partial charge in [-0.05, 0) is 18.4 Å². The molecule has 2 heterocycles. The van der Waals surface area contributed by atoms with E-state index in [0.29, 0.717) is 6.73 Å². The van der Waals surface area contributed by atoms with Crippen LogP contribution in [-0.4, -0.2) is 28.2 Å². The first-order valence-electron chi connectivity index (χ1n) is 4.87. The van der Waals surface area contributed by atoms with Crippen molar-refractivity contribution in [1.29, 1.82) is 0 Å². The van der Waals surface area contributed by atoms with Crippen LogP contribution in [0, 0.1) is 0 Å². The Morgan fingerprint density at radius 1 is 1.47 bits per heavy atom. The lowest BCUT2D eigenvalue weighted by atomic mass is 10.3. The van der Waals surface area contributed by atoms with E-state index in [2.05, 4.69) is 21.9 Å². The molecule has 0 aliphatic rings. The van der Waals surface area contributed by atoms with E-state index in [9.17, 15) is 0 Å². The van der Waals surface area contributed by atoms with E-state index in [4.69, 9.17) is 4.74 Å². The highest BCUT2D eigenvalue weighted by atomic mass is 32.2. The third kappa shape index (κ3) is 2.52. The second-order valence-corrected chi connectivity index (χ2v) is 4.24. The van der Waals surface area contributed by atoms with Gasteiger partial charge >= 0.3 is 0 Å². The standard InChI is InChI=1S/C11H14N2OS/c1-15-7-6-14-9-13-5-3-10-8-12-4-2-11(10)13/h2-5,8H,6-7,9H2,1H3. The molecule has 2 rings (SSSR count). The maximum atomic E-state index is 5.55. The highest BCUT2D eigenvalue weighted by Crippen LogP contribution is 2.13. The smallest absolute Gasteiger partial charge is 0.122 e. The first-order chi connectivity index (χ1) is 7.42. The average Bonchev–Trinajstić information content (AvgIpc) is 2.68. The van der Waals surface area contributed by atoms with Crippen LogP contribution in [-0.2, 0) is 11.5 Å². The number of fused-ring (bicyclic) bond motifs is 1. The number of ether oxygens (including phenoxy) is 1. The fraction of sp³-hybridized carbons (Fsp3) is 0.364. The van der Waals surface area contributed by atoms with Gasteiger partial charge < -0.3 is 9.30 Å². The predicted octanol–water partition coefficient (Wildman–Crippen LogP) is 2.37. The van der Waals surface area contributed by atoms with E-state index >= 15 is 0 Å². The van der Waals surface area contributed by atoms with Gasteiger partial charge in [-0.3, -0.25) is 4.98 Å². The third-order valence-corrected chi connectivity index (χ3v) is 2.81. The molecule has 0 amide bonds. The SMILES string of the molecule is CSCCOCn1ccc2cnccc21. The summed E-state index contributed by atoms with van der Waals surface area (Å²) < 4.78 is 7.64. The Labute approximate surface area is 93.4 Å². The van der Waals surface area contributed by atoms with Crippen LogP contribution in [0.15, 0.2) is 30.7 Å². The summed E-state index contributed by atoms with van der Waals surface area (Å²) in [5.74, 6) is 1.04. The lowest BCUT2D eigenvalue weighted by Gasteiger charge is -2.05. The van der Waals surface area contributed by atoms with Crippen LogP contribution in [0.5, 0.6) is 0 Å². The van der Waals surface area contributed by atoms with Crippen molar-refractivity contribution < 1.29 is 4.74 Å². The molecule has 0 saturated heterocycles. The normalized spacial score (nSPS) is 11.0. The van der Waals surface area contributed by atoms with Crippen LogP contribution in [0.25, 0.3) is 10.9 Å². The highest BCUT2D eigenvalue weighted by molar-refractivity contribution is 7.98. The lowest BCUT2D eigenvalue weighted by molar-refractivity contribution is 0.0930. The van der Waals surface area contributed by atoms with Crippen LogP contribution >= 0.6 is 11.8 Å². The molecule has 0 radical (unpaired) electrons. The van der Waals surface area contributed by atoms with Crippen LogP contribution in [0.4, 0.5) is 0 Å². The summed E-state index contributed by atoms with van der Waals surface area (Å²) in [6.45, 7) is 1.42. The van der Waals surface area contributed by atoms with Crippen molar-refractivity contribution in [2.75, 3.05) is 18.6 Å². The van der Waals surface area contributed by atoms with Gasteiger partial charge in [-0.1, -0.05) is 0 Å². The molecule has 0 saturated carbocycles. The second kappa shape index (κ2) is 5.19. The molecular formula is C11H14N2OS. The van der Waals surface area contributed by atoms with Crippen molar-refractivity contribution in [1.82, 2.24) is 9.55 Å². The van der Waals surface area contributed by atoms with Gasteiger partial charge in [-0.15, -0.1) is 0 Å². The number of rotatable bonds is 5. The fourth-order valence-electron chi connectivity index (χ4n) is 1.46. The summed E-state index contributed by atoms with van der Waals surface area (Å²) in [5.41, 5.74) is 1.18. The molecule has 0 spiro atoms. The van der Waals surface area contributed by atoms with Crippen LogP contribution < -0.4 is 0 Å².